The summed E-state index contributed by atoms with van der Waals surface area (Å²) < 4.78 is 5.97. The van der Waals surface area contributed by atoms with Crippen LogP contribution < -0.4 is 4.74 Å². The number of hydrogen-bond donors (Lipinski definition) is 1. The van der Waals surface area contributed by atoms with Gasteiger partial charge in [-0.1, -0.05) is 18.2 Å². The number of ether oxygens (including phenoxy) is 1. The van der Waals surface area contributed by atoms with E-state index in [1.165, 1.54) is 0 Å². The minimum atomic E-state index is -0.472. The Morgan fingerprint density at radius 2 is 1.81 bits per heavy atom. The minimum Gasteiger partial charge on any atom is -0.491 e. The molecule has 3 rings (SSSR count). The molecule has 0 aromatic heterocycles. The highest BCUT2D eigenvalue weighted by atomic mass is 32.2. The molecule has 1 atom stereocenters. The molecule has 1 aromatic rings. The standard InChI is InChI=1S/C20H31N3O3S/c1-17(24)23-8-6-21(7-9-23)14-18-4-2-3-5-20(18)26-16-19(25)15-22-10-12-27-13-11-22/h2-5,19,25H,6-16H2,1H3. The normalized spacial score (nSPS) is 20.4. The zero-order valence-electron chi connectivity index (χ0n) is 16.2. The third-order valence-corrected chi connectivity index (χ3v) is 6.13. The summed E-state index contributed by atoms with van der Waals surface area (Å²) in [7, 11) is 0. The lowest BCUT2D eigenvalue weighted by molar-refractivity contribution is -0.130. The molecular formula is C20H31N3O3S. The molecule has 2 saturated heterocycles. The third kappa shape index (κ3) is 6.38. The van der Waals surface area contributed by atoms with Crippen LogP contribution in [-0.2, 0) is 11.3 Å². The molecule has 2 fully saturated rings. The number of thioether (sulfide) groups is 1. The highest BCUT2D eigenvalue weighted by Gasteiger charge is 2.20. The van der Waals surface area contributed by atoms with Gasteiger partial charge in [-0.3, -0.25) is 14.6 Å². The maximum absolute atomic E-state index is 11.5. The van der Waals surface area contributed by atoms with Crippen LogP contribution in [0, 0.1) is 0 Å². The van der Waals surface area contributed by atoms with E-state index in [4.69, 9.17) is 4.74 Å². The molecule has 0 bridgehead atoms. The van der Waals surface area contributed by atoms with E-state index in [1.807, 2.05) is 34.9 Å². The zero-order valence-corrected chi connectivity index (χ0v) is 17.0. The number of piperazine rings is 1. The van der Waals surface area contributed by atoms with Gasteiger partial charge in [0.15, 0.2) is 0 Å². The topological polar surface area (TPSA) is 56.3 Å². The Balaban J connectivity index is 1.48. The number of nitrogens with zero attached hydrogens (tertiary/aromatic N) is 3. The molecule has 1 N–H and O–H groups in total. The van der Waals surface area contributed by atoms with E-state index in [1.54, 1.807) is 6.92 Å². The molecule has 2 heterocycles. The highest BCUT2D eigenvalue weighted by Crippen LogP contribution is 2.21. The Labute approximate surface area is 166 Å². The van der Waals surface area contributed by atoms with Crippen LogP contribution in [0.5, 0.6) is 5.75 Å². The number of benzene rings is 1. The summed E-state index contributed by atoms with van der Waals surface area (Å²) in [5.41, 5.74) is 1.13. The van der Waals surface area contributed by atoms with E-state index in [-0.39, 0.29) is 5.91 Å². The number of rotatable bonds is 7. The van der Waals surface area contributed by atoms with Gasteiger partial charge in [0, 0.05) is 76.4 Å². The first kappa shape index (κ1) is 20.5. The fourth-order valence-electron chi connectivity index (χ4n) is 3.56. The van der Waals surface area contributed by atoms with Gasteiger partial charge in [-0.05, 0) is 6.07 Å². The number of β-amino-alcohol motifs (C(OH)–C–C–N with tert-alkyl or cyclic N) is 1. The van der Waals surface area contributed by atoms with Crippen LogP contribution in [0.25, 0.3) is 0 Å². The predicted molar refractivity (Wildman–Crippen MR) is 109 cm³/mol. The van der Waals surface area contributed by atoms with E-state index in [2.05, 4.69) is 15.9 Å². The van der Waals surface area contributed by atoms with Crippen LogP contribution in [0.3, 0.4) is 0 Å². The van der Waals surface area contributed by atoms with Crippen molar-refractivity contribution in [3.8, 4) is 5.75 Å². The van der Waals surface area contributed by atoms with Gasteiger partial charge in [-0.25, -0.2) is 0 Å². The van der Waals surface area contributed by atoms with Crippen molar-refractivity contribution < 1.29 is 14.6 Å². The first-order chi connectivity index (χ1) is 13.1. The van der Waals surface area contributed by atoms with Crippen molar-refractivity contribution in [3.63, 3.8) is 0 Å². The lowest BCUT2D eigenvalue weighted by atomic mass is 10.1. The van der Waals surface area contributed by atoms with Gasteiger partial charge in [0.1, 0.15) is 18.5 Å². The van der Waals surface area contributed by atoms with Crippen molar-refractivity contribution in [2.24, 2.45) is 0 Å². The summed E-state index contributed by atoms with van der Waals surface area (Å²) >= 11 is 1.98. The van der Waals surface area contributed by atoms with Crippen LogP contribution in [0.2, 0.25) is 0 Å². The van der Waals surface area contributed by atoms with Gasteiger partial charge in [0.2, 0.25) is 5.91 Å². The Morgan fingerprint density at radius 1 is 1.11 bits per heavy atom. The molecule has 0 spiro atoms. The average molecular weight is 394 g/mol. The molecule has 2 aliphatic rings. The van der Waals surface area contributed by atoms with Crippen molar-refractivity contribution in [2.75, 3.05) is 63.9 Å². The van der Waals surface area contributed by atoms with Crippen LogP contribution >= 0.6 is 11.8 Å². The summed E-state index contributed by atoms with van der Waals surface area (Å²) in [6.07, 6.45) is -0.472. The second-order valence-electron chi connectivity index (χ2n) is 7.27. The molecule has 1 aromatic carbocycles. The van der Waals surface area contributed by atoms with Crippen molar-refractivity contribution in [2.45, 2.75) is 19.6 Å². The maximum atomic E-state index is 11.5. The van der Waals surface area contributed by atoms with E-state index in [0.717, 1.165) is 68.6 Å². The van der Waals surface area contributed by atoms with Gasteiger partial charge < -0.3 is 14.7 Å². The van der Waals surface area contributed by atoms with Crippen LogP contribution in [0.15, 0.2) is 24.3 Å². The largest absolute Gasteiger partial charge is 0.491 e. The van der Waals surface area contributed by atoms with E-state index < -0.39 is 6.10 Å². The number of carbonyl (C=O) groups is 1. The minimum absolute atomic E-state index is 0.152. The summed E-state index contributed by atoms with van der Waals surface area (Å²) in [4.78, 5) is 18.0. The number of para-hydroxylation sites is 1. The van der Waals surface area contributed by atoms with Crippen molar-refractivity contribution >= 4 is 17.7 Å². The molecule has 27 heavy (non-hydrogen) atoms. The zero-order chi connectivity index (χ0) is 19.1. The third-order valence-electron chi connectivity index (χ3n) is 5.19. The monoisotopic (exact) mass is 393 g/mol. The van der Waals surface area contributed by atoms with E-state index >= 15 is 0 Å². The molecule has 0 radical (unpaired) electrons. The Kier molecular flexibility index (Phi) is 7.81. The van der Waals surface area contributed by atoms with E-state index in [9.17, 15) is 9.90 Å². The van der Waals surface area contributed by atoms with Crippen molar-refractivity contribution in [3.05, 3.63) is 29.8 Å². The van der Waals surface area contributed by atoms with Gasteiger partial charge in [0.25, 0.3) is 0 Å². The highest BCUT2D eigenvalue weighted by molar-refractivity contribution is 7.99. The fourth-order valence-corrected chi connectivity index (χ4v) is 4.54. The Hall–Kier alpha value is -1.28. The van der Waals surface area contributed by atoms with Crippen LogP contribution in [0.4, 0.5) is 0 Å². The Morgan fingerprint density at radius 3 is 2.52 bits per heavy atom. The second kappa shape index (κ2) is 10.3. The number of hydrogen-bond acceptors (Lipinski definition) is 6. The molecule has 6 nitrogen and oxygen atoms in total. The summed E-state index contributed by atoms with van der Waals surface area (Å²) in [6.45, 7) is 8.85. The number of carbonyl (C=O) groups excluding carboxylic acids is 1. The molecular weight excluding hydrogens is 362 g/mol. The van der Waals surface area contributed by atoms with Gasteiger partial charge in [-0.15, -0.1) is 0 Å². The first-order valence-electron chi connectivity index (χ1n) is 9.78. The first-order valence-corrected chi connectivity index (χ1v) is 10.9. The number of amides is 1. The van der Waals surface area contributed by atoms with Crippen molar-refractivity contribution in [1.29, 1.82) is 0 Å². The lowest BCUT2D eigenvalue weighted by Crippen LogP contribution is -2.47. The summed E-state index contributed by atoms with van der Waals surface area (Å²) in [5, 5.41) is 10.3. The second-order valence-corrected chi connectivity index (χ2v) is 8.49. The Bertz CT molecular complexity index is 602. The SMILES string of the molecule is CC(=O)N1CCN(Cc2ccccc2OCC(O)CN2CCSCC2)CC1. The van der Waals surface area contributed by atoms with Crippen molar-refractivity contribution in [1.82, 2.24) is 14.7 Å². The maximum Gasteiger partial charge on any atom is 0.219 e. The molecule has 0 aliphatic carbocycles. The molecule has 7 heteroatoms. The van der Waals surface area contributed by atoms with Gasteiger partial charge >= 0.3 is 0 Å². The quantitative estimate of drug-likeness (QED) is 0.750. The molecule has 1 amide bonds. The smallest absolute Gasteiger partial charge is 0.219 e. The summed E-state index contributed by atoms with van der Waals surface area (Å²) in [5.74, 6) is 3.29. The van der Waals surface area contributed by atoms with Crippen LogP contribution in [-0.4, -0.2) is 95.7 Å². The summed E-state index contributed by atoms with van der Waals surface area (Å²) in [6, 6.07) is 8.06. The number of aliphatic hydroxyl groups excluding tert-OH is 1. The van der Waals surface area contributed by atoms with Crippen LogP contribution in [0.1, 0.15) is 12.5 Å². The van der Waals surface area contributed by atoms with Gasteiger partial charge in [0.05, 0.1) is 0 Å². The lowest BCUT2D eigenvalue weighted by Gasteiger charge is -2.34. The van der Waals surface area contributed by atoms with Gasteiger partial charge in [-0.2, -0.15) is 11.8 Å². The molecule has 150 valence electrons. The predicted octanol–water partition coefficient (Wildman–Crippen LogP) is 1.14. The number of aliphatic hydroxyl groups is 1. The molecule has 2 aliphatic heterocycles. The molecule has 1 unspecified atom stereocenters. The average Bonchev–Trinajstić information content (AvgIpc) is 2.68. The fraction of sp³-hybridized carbons (Fsp3) is 0.650. The van der Waals surface area contributed by atoms with E-state index in [0.29, 0.717) is 13.2 Å². The molecule has 0 saturated carbocycles.